The summed E-state index contributed by atoms with van der Waals surface area (Å²) in [5.74, 6) is -0.203. The molecule has 1 atom stereocenters. The van der Waals surface area contributed by atoms with Crippen LogP contribution < -0.4 is 11.1 Å². The van der Waals surface area contributed by atoms with Crippen LogP contribution in [0.2, 0.25) is 0 Å². The Morgan fingerprint density at radius 3 is 2.50 bits per heavy atom. The van der Waals surface area contributed by atoms with E-state index in [2.05, 4.69) is 24.1 Å². The number of carbonyl (C=O) groups excluding carboxylic acids is 1. The van der Waals surface area contributed by atoms with Gasteiger partial charge in [-0.15, -0.1) is 0 Å². The lowest BCUT2D eigenvalue weighted by molar-refractivity contribution is -0.120. The number of hydrogen-bond donors (Lipinski definition) is 2. The summed E-state index contributed by atoms with van der Waals surface area (Å²) < 4.78 is 0. The fourth-order valence-corrected chi connectivity index (χ4v) is 2.65. The summed E-state index contributed by atoms with van der Waals surface area (Å²) in [6.45, 7) is 7.63. The van der Waals surface area contributed by atoms with Crippen LogP contribution in [0.1, 0.15) is 46.0 Å². The van der Waals surface area contributed by atoms with E-state index in [9.17, 15) is 4.79 Å². The fourth-order valence-electron chi connectivity index (χ4n) is 2.65. The highest BCUT2D eigenvalue weighted by molar-refractivity contribution is 5.80. The maximum absolute atomic E-state index is 11.5. The summed E-state index contributed by atoms with van der Waals surface area (Å²) in [6, 6.07) is 0.372. The molecule has 0 bridgehead atoms. The van der Waals surface area contributed by atoms with Gasteiger partial charge in [-0.05, 0) is 44.2 Å². The first kappa shape index (κ1) is 13.8. The molecule has 1 amide bonds. The van der Waals surface area contributed by atoms with E-state index in [0.29, 0.717) is 11.5 Å². The molecular weight excluding hydrogens is 226 g/mol. The molecular formula is C14H27N3O. The smallest absolute Gasteiger partial charge is 0.235 e. The highest BCUT2D eigenvalue weighted by Gasteiger charge is 2.32. The number of nitrogens with two attached hydrogens (primary N) is 1. The third-order valence-electron chi connectivity index (χ3n) is 4.72. The van der Waals surface area contributed by atoms with Crippen molar-refractivity contribution in [3.8, 4) is 0 Å². The molecule has 0 aromatic rings. The molecule has 2 rings (SSSR count). The average molecular weight is 253 g/mol. The molecule has 18 heavy (non-hydrogen) atoms. The second-order valence-corrected chi connectivity index (χ2v) is 6.36. The Hall–Kier alpha value is -0.610. The van der Waals surface area contributed by atoms with Crippen molar-refractivity contribution >= 4 is 5.91 Å². The van der Waals surface area contributed by atoms with Gasteiger partial charge in [-0.2, -0.15) is 0 Å². The predicted octanol–water partition coefficient (Wildman–Crippen LogP) is 1.10. The molecule has 2 fully saturated rings. The number of rotatable bonds is 6. The molecule has 1 heterocycles. The Balaban J connectivity index is 1.79. The minimum absolute atomic E-state index is 0.163. The standard InChI is InChI=1S/C14H27N3O/c1-3-14(2)6-8-17(9-7-14)10-12(13(15)18)16-11-4-5-11/h11-12,16H,3-10H2,1-2H3,(H2,15,18). The minimum Gasteiger partial charge on any atom is -0.368 e. The third-order valence-corrected chi connectivity index (χ3v) is 4.72. The van der Waals surface area contributed by atoms with E-state index < -0.39 is 0 Å². The lowest BCUT2D eigenvalue weighted by atomic mass is 9.78. The van der Waals surface area contributed by atoms with E-state index in [1.807, 2.05) is 0 Å². The van der Waals surface area contributed by atoms with Crippen molar-refractivity contribution in [3.63, 3.8) is 0 Å². The van der Waals surface area contributed by atoms with Gasteiger partial charge in [-0.1, -0.05) is 20.3 Å². The number of primary amides is 1. The molecule has 0 aromatic carbocycles. The van der Waals surface area contributed by atoms with Crippen LogP contribution in [-0.4, -0.2) is 42.5 Å². The zero-order valence-electron chi connectivity index (χ0n) is 11.7. The molecule has 104 valence electrons. The Kier molecular flexibility index (Phi) is 4.28. The second kappa shape index (κ2) is 5.57. The van der Waals surface area contributed by atoms with Gasteiger partial charge in [0.05, 0.1) is 6.04 Å². The van der Waals surface area contributed by atoms with E-state index in [-0.39, 0.29) is 11.9 Å². The predicted molar refractivity (Wildman–Crippen MR) is 73.2 cm³/mol. The van der Waals surface area contributed by atoms with Gasteiger partial charge < -0.3 is 16.0 Å². The molecule has 4 nitrogen and oxygen atoms in total. The van der Waals surface area contributed by atoms with Crippen molar-refractivity contribution < 1.29 is 4.79 Å². The monoisotopic (exact) mass is 253 g/mol. The molecule has 1 unspecified atom stereocenters. The largest absolute Gasteiger partial charge is 0.368 e. The van der Waals surface area contributed by atoms with Crippen LogP contribution in [0.5, 0.6) is 0 Å². The lowest BCUT2D eigenvalue weighted by Crippen LogP contribution is -2.52. The summed E-state index contributed by atoms with van der Waals surface area (Å²) in [6.07, 6.45) is 6.10. The first-order valence-corrected chi connectivity index (χ1v) is 7.30. The van der Waals surface area contributed by atoms with Gasteiger partial charge in [-0.3, -0.25) is 4.79 Å². The van der Waals surface area contributed by atoms with Crippen molar-refractivity contribution in [2.24, 2.45) is 11.1 Å². The summed E-state index contributed by atoms with van der Waals surface area (Å²) in [4.78, 5) is 13.8. The number of piperidine rings is 1. The Morgan fingerprint density at radius 1 is 1.44 bits per heavy atom. The molecule has 0 aromatic heterocycles. The molecule has 1 saturated carbocycles. The first-order valence-electron chi connectivity index (χ1n) is 7.30. The van der Waals surface area contributed by atoms with Crippen LogP contribution in [0.15, 0.2) is 0 Å². The van der Waals surface area contributed by atoms with Gasteiger partial charge >= 0.3 is 0 Å². The van der Waals surface area contributed by atoms with Crippen molar-refractivity contribution in [3.05, 3.63) is 0 Å². The Bertz CT molecular complexity index is 293. The Morgan fingerprint density at radius 2 is 2.06 bits per heavy atom. The molecule has 2 aliphatic rings. The highest BCUT2D eigenvalue weighted by Crippen LogP contribution is 2.33. The fraction of sp³-hybridized carbons (Fsp3) is 0.929. The van der Waals surface area contributed by atoms with Gasteiger partial charge in [0.1, 0.15) is 0 Å². The summed E-state index contributed by atoms with van der Waals surface area (Å²) in [5, 5.41) is 3.36. The Labute approximate surface area is 110 Å². The topological polar surface area (TPSA) is 58.4 Å². The van der Waals surface area contributed by atoms with Crippen LogP contribution >= 0.6 is 0 Å². The quantitative estimate of drug-likeness (QED) is 0.745. The van der Waals surface area contributed by atoms with E-state index in [4.69, 9.17) is 5.73 Å². The maximum Gasteiger partial charge on any atom is 0.235 e. The maximum atomic E-state index is 11.5. The van der Waals surface area contributed by atoms with Gasteiger partial charge in [0, 0.05) is 12.6 Å². The second-order valence-electron chi connectivity index (χ2n) is 6.36. The van der Waals surface area contributed by atoms with Gasteiger partial charge in [0.15, 0.2) is 0 Å². The number of nitrogens with zero attached hydrogens (tertiary/aromatic N) is 1. The number of likely N-dealkylation sites (tertiary alicyclic amines) is 1. The number of nitrogens with one attached hydrogen (secondary N) is 1. The molecule has 4 heteroatoms. The zero-order valence-corrected chi connectivity index (χ0v) is 11.7. The normalized spacial score (nSPS) is 25.9. The molecule has 0 radical (unpaired) electrons. The average Bonchev–Trinajstić information content (AvgIpc) is 3.15. The van der Waals surface area contributed by atoms with Crippen LogP contribution in [0, 0.1) is 5.41 Å². The van der Waals surface area contributed by atoms with Crippen molar-refractivity contribution in [1.29, 1.82) is 0 Å². The van der Waals surface area contributed by atoms with E-state index in [1.54, 1.807) is 0 Å². The number of carbonyl (C=O) groups is 1. The van der Waals surface area contributed by atoms with Crippen LogP contribution in [-0.2, 0) is 4.79 Å². The van der Waals surface area contributed by atoms with Crippen LogP contribution in [0.3, 0.4) is 0 Å². The molecule has 3 N–H and O–H groups in total. The molecule has 0 spiro atoms. The summed E-state index contributed by atoms with van der Waals surface area (Å²) in [5.41, 5.74) is 5.98. The first-order chi connectivity index (χ1) is 8.52. The molecule has 1 saturated heterocycles. The van der Waals surface area contributed by atoms with Gasteiger partial charge in [-0.25, -0.2) is 0 Å². The van der Waals surface area contributed by atoms with Gasteiger partial charge in [0.2, 0.25) is 5.91 Å². The lowest BCUT2D eigenvalue weighted by Gasteiger charge is -2.39. The molecule has 1 aliphatic heterocycles. The van der Waals surface area contributed by atoms with E-state index >= 15 is 0 Å². The molecule has 1 aliphatic carbocycles. The van der Waals surface area contributed by atoms with Crippen molar-refractivity contribution in [1.82, 2.24) is 10.2 Å². The minimum atomic E-state index is -0.203. The summed E-state index contributed by atoms with van der Waals surface area (Å²) in [7, 11) is 0. The van der Waals surface area contributed by atoms with Crippen LogP contribution in [0.25, 0.3) is 0 Å². The third kappa shape index (κ3) is 3.69. The van der Waals surface area contributed by atoms with Gasteiger partial charge in [0.25, 0.3) is 0 Å². The van der Waals surface area contributed by atoms with Crippen LogP contribution in [0.4, 0.5) is 0 Å². The number of hydrogen-bond acceptors (Lipinski definition) is 3. The van der Waals surface area contributed by atoms with Crippen molar-refractivity contribution in [2.75, 3.05) is 19.6 Å². The van der Waals surface area contributed by atoms with E-state index in [1.165, 1.54) is 32.1 Å². The SMILES string of the molecule is CCC1(C)CCN(CC(NC2CC2)C(N)=O)CC1. The number of amides is 1. The van der Waals surface area contributed by atoms with E-state index in [0.717, 1.165) is 19.6 Å². The summed E-state index contributed by atoms with van der Waals surface area (Å²) >= 11 is 0. The van der Waals surface area contributed by atoms with Crippen molar-refractivity contribution in [2.45, 2.75) is 58.0 Å². The highest BCUT2D eigenvalue weighted by atomic mass is 16.1. The zero-order chi connectivity index (χ0) is 13.2.